The molecule has 1 heterocycles. The van der Waals surface area contributed by atoms with Gasteiger partial charge in [-0.1, -0.05) is 30.3 Å². The first kappa shape index (κ1) is 14.7. The Morgan fingerprint density at radius 3 is 2.76 bits per heavy atom. The smallest absolute Gasteiger partial charge is 0.358 e. The van der Waals surface area contributed by atoms with Crippen LogP contribution in [0.1, 0.15) is 11.4 Å². The number of amides is 1. The fourth-order valence-electron chi connectivity index (χ4n) is 1.70. The predicted octanol–water partition coefficient (Wildman–Crippen LogP) is 1.35. The van der Waals surface area contributed by atoms with E-state index in [1.165, 1.54) is 10.8 Å². The van der Waals surface area contributed by atoms with Crippen LogP contribution in [0, 0.1) is 17.0 Å². The Balaban J connectivity index is 1.83. The summed E-state index contributed by atoms with van der Waals surface area (Å²) < 4.78 is 1.39. The highest BCUT2D eigenvalue weighted by atomic mass is 16.7. The fraction of sp³-hybridized carbons (Fsp3) is 0.231. The van der Waals surface area contributed by atoms with E-state index in [2.05, 4.69) is 10.5 Å². The molecule has 0 aliphatic carbocycles. The summed E-state index contributed by atoms with van der Waals surface area (Å²) >= 11 is 0. The highest BCUT2D eigenvalue weighted by Gasteiger charge is 2.16. The maximum atomic E-state index is 11.7. The van der Waals surface area contributed by atoms with E-state index >= 15 is 0 Å². The van der Waals surface area contributed by atoms with Gasteiger partial charge in [-0.2, -0.15) is 0 Å². The lowest BCUT2D eigenvalue weighted by Crippen LogP contribution is -2.27. The molecule has 0 spiro atoms. The Morgan fingerprint density at radius 1 is 1.43 bits per heavy atom. The third-order valence-electron chi connectivity index (χ3n) is 2.73. The first-order valence-corrected chi connectivity index (χ1v) is 6.19. The molecule has 8 nitrogen and oxygen atoms in total. The highest BCUT2D eigenvalue weighted by molar-refractivity contribution is 5.74. The molecule has 0 aliphatic rings. The Morgan fingerprint density at radius 2 is 2.14 bits per heavy atom. The minimum atomic E-state index is -0.604. The summed E-state index contributed by atoms with van der Waals surface area (Å²) in [6.07, 6.45) is 1.21. The molecular formula is C13H14N4O4. The number of carbonyl (C=O) groups excluding carboxylic acids is 1. The molecule has 0 aliphatic heterocycles. The summed E-state index contributed by atoms with van der Waals surface area (Å²) in [6, 6.07) is 9.37. The SMILES string of the molecule is Cc1nc([N+](=O)[O-])cn1CC(=O)NOCc1ccccc1. The van der Waals surface area contributed by atoms with Crippen LogP contribution in [-0.4, -0.2) is 20.4 Å². The number of rotatable bonds is 6. The molecule has 2 aromatic rings. The molecule has 1 N–H and O–H groups in total. The highest BCUT2D eigenvalue weighted by Crippen LogP contribution is 2.09. The summed E-state index contributed by atoms with van der Waals surface area (Å²) in [5.74, 6) is -0.313. The van der Waals surface area contributed by atoms with Gasteiger partial charge in [0.1, 0.15) is 12.7 Å². The normalized spacial score (nSPS) is 10.3. The minimum absolute atomic E-state index is 0.0958. The number of hydrogen-bond donors (Lipinski definition) is 1. The Bertz CT molecular complexity index is 639. The van der Waals surface area contributed by atoms with Gasteiger partial charge >= 0.3 is 5.82 Å². The maximum absolute atomic E-state index is 11.7. The van der Waals surface area contributed by atoms with Crippen molar-refractivity contribution in [3.8, 4) is 0 Å². The Labute approximate surface area is 120 Å². The summed E-state index contributed by atoms with van der Waals surface area (Å²) in [4.78, 5) is 30.5. The van der Waals surface area contributed by atoms with Crippen molar-refractivity contribution in [2.24, 2.45) is 0 Å². The van der Waals surface area contributed by atoms with Crippen LogP contribution >= 0.6 is 0 Å². The molecule has 0 atom stereocenters. The van der Waals surface area contributed by atoms with E-state index in [4.69, 9.17) is 4.84 Å². The van der Waals surface area contributed by atoms with Crippen LogP contribution < -0.4 is 5.48 Å². The second-order valence-electron chi connectivity index (χ2n) is 4.33. The van der Waals surface area contributed by atoms with Crippen LogP contribution in [-0.2, 0) is 22.8 Å². The predicted molar refractivity (Wildman–Crippen MR) is 73.0 cm³/mol. The number of aromatic nitrogens is 2. The molecule has 8 heteroatoms. The second kappa shape index (κ2) is 6.62. The van der Waals surface area contributed by atoms with Crippen LogP contribution in [0.4, 0.5) is 5.82 Å². The zero-order valence-corrected chi connectivity index (χ0v) is 11.4. The molecule has 0 bridgehead atoms. The van der Waals surface area contributed by atoms with E-state index in [1.54, 1.807) is 6.92 Å². The second-order valence-corrected chi connectivity index (χ2v) is 4.33. The van der Waals surface area contributed by atoms with Crippen molar-refractivity contribution in [2.45, 2.75) is 20.1 Å². The van der Waals surface area contributed by atoms with Gasteiger partial charge < -0.3 is 10.1 Å². The molecule has 0 radical (unpaired) electrons. The molecule has 1 aromatic carbocycles. The van der Waals surface area contributed by atoms with Crippen molar-refractivity contribution in [2.75, 3.05) is 0 Å². The van der Waals surface area contributed by atoms with Crippen LogP contribution in [0.15, 0.2) is 36.5 Å². The van der Waals surface area contributed by atoms with Gasteiger partial charge in [-0.3, -0.25) is 14.2 Å². The van der Waals surface area contributed by atoms with Gasteiger partial charge in [0.2, 0.25) is 5.82 Å². The summed E-state index contributed by atoms with van der Waals surface area (Å²) in [6.45, 7) is 1.74. The molecule has 1 aromatic heterocycles. The molecule has 0 unspecified atom stereocenters. The lowest BCUT2D eigenvalue weighted by Gasteiger charge is -2.06. The number of hydroxylamine groups is 1. The first-order valence-electron chi connectivity index (χ1n) is 6.19. The first-order chi connectivity index (χ1) is 10.1. The van der Waals surface area contributed by atoms with Gasteiger partial charge in [0.05, 0.1) is 6.61 Å². The van der Waals surface area contributed by atoms with Crippen molar-refractivity contribution in [1.82, 2.24) is 15.0 Å². The summed E-state index contributed by atoms with van der Waals surface area (Å²) in [5, 5.41) is 10.6. The van der Waals surface area contributed by atoms with Gasteiger partial charge in [0.25, 0.3) is 5.91 Å². The molecular weight excluding hydrogens is 276 g/mol. The van der Waals surface area contributed by atoms with Crippen molar-refractivity contribution >= 4 is 11.7 Å². The molecule has 21 heavy (non-hydrogen) atoms. The number of benzene rings is 1. The third-order valence-corrected chi connectivity index (χ3v) is 2.73. The van der Waals surface area contributed by atoms with E-state index in [9.17, 15) is 14.9 Å². The zero-order valence-electron chi connectivity index (χ0n) is 11.4. The van der Waals surface area contributed by atoms with E-state index in [-0.39, 0.29) is 19.0 Å². The van der Waals surface area contributed by atoms with Crippen molar-refractivity contribution in [1.29, 1.82) is 0 Å². The largest absolute Gasteiger partial charge is 0.381 e. The minimum Gasteiger partial charge on any atom is -0.358 e. The summed E-state index contributed by atoms with van der Waals surface area (Å²) in [5.41, 5.74) is 3.21. The van der Waals surface area contributed by atoms with Gasteiger partial charge in [-0.25, -0.2) is 5.48 Å². The Kier molecular flexibility index (Phi) is 4.62. The van der Waals surface area contributed by atoms with Gasteiger partial charge in [-0.05, 0) is 15.5 Å². The average molecular weight is 290 g/mol. The van der Waals surface area contributed by atoms with Crippen LogP contribution in [0.2, 0.25) is 0 Å². The fourth-order valence-corrected chi connectivity index (χ4v) is 1.70. The number of imidazole rings is 1. The van der Waals surface area contributed by atoms with Gasteiger partial charge in [0.15, 0.2) is 0 Å². The molecule has 0 fully saturated rings. The van der Waals surface area contributed by atoms with E-state index in [0.29, 0.717) is 5.82 Å². The number of carbonyl (C=O) groups is 1. The molecule has 0 saturated carbocycles. The van der Waals surface area contributed by atoms with Crippen molar-refractivity contribution in [3.63, 3.8) is 0 Å². The van der Waals surface area contributed by atoms with Gasteiger partial charge in [0, 0.05) is 6.92 Å². The molecule has 1 amide bonds. The lowest BCUT2D eigenvalue weighted by atomic mass is 10.2. The zero-order chi connectivity index (χ0) is 15.2. The van der Waals surface area contributed by atoms with Crippen molar-refractivity contribution < 1.29 is 14.6 Å². The molecule has 0 saturated heterocycles. The summed E-state index contributed by atoms with van der Waals surface area (Å²) in [7, 11) is 0. The standard InChI is InChI=1S/C13H14N4O4/c1-10-14-12(17(19)20)7-16(10)8-13(18)15-21-9-11-5-3-2-4-6-11/h2-7H,8-9H2,1H3,(H,15,18). The number of nitrogens with one attached hydrogen (secondary N) is 1. The monoisotopic (exact) mass is 290 g/mol. The average Bonchev–Trinajstić information content (AvgIpc) is 2.81. The lowest BCUT2D eigenvalue weighted by molar-refractivity contribution is -0.389. The van der Waals surface area contributed by atoms with E-state index in [0.717, 1.165) is 5.56 Å². The third kappa shape index (κ3) is 4.11. The number of nitro groups is 1. The topological polar surface area (TPSA) is 99.3 Å². The quantitative estimate of drug-likeness (QED) is 0.639. The molecule has 110 valence electrons. The maximum Gasteiger partial charge on any atom is 0.381 e. The van der Waals surface area contributed by atoms with Crippen molar-refractivity contribution in [3.05, 3.63) is 58.0 Å². The van der Waals surface area contributed by atoms with E-state index in [1.807, 2.05) is 30.3 Å². The van der Waals surface area contributed by atoms with Crippen LogP contribution in [0.5, 0.6) is 0 Å². The van der Waals surface area contributed by atoms with Gasteiger partial charge in [-0.15, -0.1) is 0 Å². The van der Waals surface area contributed by atoms with E-state index < -0.39 is 10.8 Å². The van der Waals surface area contributed by atoms with Crippen LogP contribution in [0.3, 0.4) is 0 Å². The number of hydrogen-bond acceptors (Lipinski definition) is 5. The number of aryl methyl sites for hydroxylation is 1. The number of nitrogens with zero attached hydrogens (tertiary/aromatic N) is 3. The van der Waals surface area contributed by atoms with Crippen LogP contribution in [0.25, 0.3) is 0 Å². The molecule has 2 rings (SSSR count). The Hall–Kier alpha value is -2.74.